The van der Waals surface area contributed by atoms with Crippen molar-refractivity contribution in [3.63, 3.8) is 0 Å². The number of alkyl halides is 3. The minimum atomic E-state index is -4.61. The molecular formula is C21H22F3N5O2. The first kappa shape index (κ1) is 22.2. The monoisotopic (exact) mass is 433 g/mol. The summed E-state index contributed by atoms with van der Waals surface area (Å²) < 4.78 is 46.3. The van der Waals surface area contributed by atoms with Crippen LogP contribution in [-0.4, -0.2) is 42.9 Å². The molecule has 3 aromatic rings. The van der Waals surface area contributed by atoms with Gasteiger partial charge >= 0.3 is 6.18 Å². The van der Waals surface area contributed by atoms with Crippen LogP contribution >= 0.6 is 0 Å². The van der Waals surface area contributed by atoms with E-state index in [4.69, 9.17) is 10.5 Å². The van der Waals surface area contributed by atoms with Gasteiger partial charge in [0.05, 0.1) is 11.1 Å². The summed E-state index contributed by atoms with van der Waals surface area (Å²) in [6.45, 7) is 0.740. The summed E-state index contributed by atoms with van der Waals surface area (Å²) in [7, 11) is 5.27. The van der Waals surface area contributed by atoms with E-state index in [0.29, 0.717) is 5.75 Å². The van der Waals surface area contributed by atoms with Crippen LogP contribution in [0.5, 0.6) is 11.5 Å². The van der Waals surface area contributed by atoms with E-state index >= 15 is 0 Å². The Balaban J connectivity index is 2.00. The predicted octanol–water partition coefficient (Wildman–Crippen LogP) is 3.71. The van der Waals surface area contributed by atoms with Gasteiger partial charge in [-0.2, -0.15) is 13.2 Å². The SMILES string of the molecule is CN=C(N)NC(=O)c1cc2c(C(F)(F)F)ccc(Oc3ccc(CN(C)C)cc3)c2[nH]1. The van der Waals surface area contributed by atoms with Crippen molar-refractivity contribution in [3.05, 3.63) is 59.3 Å². The molecule has 0 aliphatic carbocycles. The predicted molar refractivity (Wildman–Crippen MR) is 112 cm³/mol. The van der Waals surface area contributed by atoms with Gasteiger partial charge in [-0.1, -0.05) is 12.1 Å². The first-order valence-electron chi connectivity index (χ1n) is 9.26. The summed E-state index contributed by atoms with van der Waals surface area (Å²) in [6, 6.07) is 10.5. The van der Waals surface area contributed by atoms with Crippen LogP contribution in [0.1, 0.15) is 21.6 Å². The molecule has 0 aliphatic rings. The zero-order valence-corrected chi connectivity index (χ0v) is 17.2. The lowest BCUT2D eigenvalue weighted by Crippen LogP contribution is -2.36. The minimum Gasteiger partial charge on any atom is -0.455 e. The molecule has 0 saturated heterocycles. The number of carbonyl (C=O) groups excluding carboxylic acids is 1. The van der Waals surface area contributed by atoms with Gasteiger partial charge in [0.2, 0.25) is 0 Å². The van der Waals surface area contributed by atoms with Crippen LogP contribution in [0, 0.1) is 0 Å². The molecule has 0 unspecified atom stereocenters. The zero-order valence-electron chi connectivity index (χ0n) is 17.2. The second kappa shape index (κ2) is 8.68. The minimum absolute atomic E-state index is 0.0457. The molecule has 0 aliphatic heterocycles. The van der Waals surface area contributed by atoms with Crippen molar-refractivity contribution < 1.29 is 22.7 Å². The number of amides is 1. The van der Waals surface area contributed by atoms with Crippen LogP contribution in [0.3, 0.4) is 0 Å². The van der Waals surface area contributed by atoms with Crippen LogP contribution in [-0.2, 0) is 12.7 Å². The van der Waals surface area contributed by atoms with Crippen molar-refractivity contribution in [2.75, 3.05) is 21.1 Å². The number of aliphatic imine (C=N–C) groups is 1. The van der Waals surface area contributed by atoms with Crippen molar-refractivity contribution >= 4 is 22.8 Å². The number of halogens is 3. The highest BCUT2D eigenvalue weighted by atomic mass is 19.4. The number of nitrogens with two attached hydrogens (primary N) is 1. The average Bonchev–Trinajstić information content (AvgIpc) is 3.14. The molecule has 1 aromatic heterocycles. The first-order valence-corrected chi connectivity index (χ1v) is 9.26. The molecule has 4 N–H and O–H groups in total. The standard InChI is InChI=1S/C21H22F3N5O2/c1-26-20(25)28-19(30)16-10-14-15(21(22,23)24)8-9-17(18(14)27-16)31-13-6-4-12(5-7-13)11-29(2)3/h4-10,27H,11H2,1-3H3,(H3,25,26,28,30). The van der Waals surface area contributed by atoms with E-state index in [1.807, 2.05) is 31.1 Å². The molecule has 2 aromatic carbocycles. The summed E-state index contributed by atoms with van der Waals surface area (Å²) in [5.74, 6) is -0.272. The van der Waals surface area contributed by atoms with Crippen molar-refractivity contribution in [1.29, 1.82) is 0 Å². The number of hydrogen-bond donors (Lipinski definition) is 3. The van der Waals surface area contributed by atoms with E-state index in [2.05, 4.69) is 15.3 Å². The Hall–Kier alpha value is -3.53. The first-order chi connectivity index (χ1) is 14.6. The summed E-state index contributed by atoms with van der Waals surface area (Å²) in [6.07, 6.45) is -4.61. The van der Waals surface area contributed by atoms with Gasteiger partial charge in [-0.05, 0) is 50.0 Å². The van der Waals surface area contributed by atoms with Crippen LogP contribution in [0.2, 0.25) is 0 Å². The molecule has 0 fully saturated rings. The zero-order chi connectivity index (χ0) is 22.8. The van der Waals surface area contributed by atoms with E-state index in [1.165, 1.54) is 13.1 Å². The van der Waals surface area contributed by atoms with Crippen LogP contribution in [0.25, 0.3) is 10.9 Å². The van der Waals surface area contributed by atoms with Gasteiger partial charge in [-0.15, -0.1) is 0 Å². The number of ether oxygens (including phenoxy) is 1. The van der Waals surface area contributed by atoms with E-state index in [1.54, 1.807) is 12.1 Å². The second-order valence-electron chi connectivity index (χ2n) is 7.13. The van der Waals surface area contributed by atoms with Gasteiger partial charge in [-0.25, -0.2) is 0 Å². The van der Waals surface area contributed by atoms with E-state index in [9.17, 15) is 18.0 Å². The molecule has 1 heterocycles. The van der Waals surface area contributed by atoms with Gasteiger partial charge in [0.1, 0.15) is 11.4 Å². The maximum atomic E-state index is 13.5. The summed E-state index contributed by atoms with van der Waals surface area (Å²) in [5.41, 5.74) is 5.59. The summed E-state index contributed by atoms with van der Waals surface area (Å²) in [4.78, 5) is 20.6. The molecule has 1 amide bonds. The Morgan fingerprint density at radius 3 is 2.45 bits per heavy atom. The molecule has 3 rings (SSSR count). The number of aromatic amines is 1. The van der Waals surface area contributed by atoms with Crippen LogP contribution < -0.4 is 15.8 Å². The molecular weight excluding hydrogens is 411 g/mol. The molecule has 0 atom stereocenters. The molecule has 0 spiro atoms. The number of fused-ring (bicyclic) bond motifs is 1. The van der Waals surface area contributed by atoms with Gasteiger partial charge in [0.25, 0.3) is 5.91 Å². The Morgan fingerprint density at radius 1 is 1.19 bits per heavy atom. The number of H-pyrrole nitrogens is 1. The molecule has 0 bridgehead atoms. The highest BCUT2D eigenvalue weighted by molar-refractivity contribution is 6.07. The third-order valence-corrected chi connectivity index (χ3v) is 4.44. The largest absolute Gasteiger partial charge is 0.455 e. The fourth-order valence-corrected chi connectivity index (χ4v) is 3.04. The maximum absolute atomic E-state index is 13.5. The van der Waals surface area contributed by atoms with Gasteiger partial charge in [0, 0.05) is 19.0 Å². The molecule has 31 heavy (non-hydrogen) atoms. The maximum Gasteiger partial charge on any atom is 0.417 e. The van der Waals surface area contributed by atoms with E-state index in [-0.39, 0.29) is 28.3 Å². The Kier molecular flexibility index (Phi) is 6.21. The lowest BCUT2D eigenvalue weighted by molar-refractivity contribution is -0.136. The third kappa shape index (κ3) is 5.15. The molecule has 0 radical (unpaired) electrons. The van der Waals surface area contributed by atoms with Crippen molar-refractivity contribution in [2.24, 2.45) is 10.7 Å². The number of rotatable bonds is 5. The number of aromatic nitrogens is 1. The number of nitrogens with one attached hydrogen (secondary N) is 2. The summed E-state index contributed by atoms with van der Waals surface area (Å²) >= 11 is 0. The van der Waals surface area contributed by atoms with Gasteiger partial charge in [-0.3, -0.25) is 15.1 Å². The molecule has 7 nitrogen and oxygen atoms in total. The fraction of sp³-hybridized carbons (Fsp3) is 0.238. The topological polar surface area (TPSA) is 95.7 Å². The lowest BCUT2D eigenvalue weighted by atomic mass is 10.1. The molecule has 0 saturated carbocycles. The van der Waals surface area contributed by atoms with Crippen molar-refractivity contribution in [1.82, 2.24) is 15.2 Å². The number of benzene rings is 2. The summed E-state index contributed by atoms with van der Waals surface area (Å²) in [5, 5.41) is 2.10. The molecule has 164 valence electrons. The highest BCUT2D eigenvalue weighted by Gasteiger charge is 2.34. The highest BCUT2D eigenvalue weighted by Crippen LogP contribution is 2.39. The average molecular weight is 433 g/mol. The molecule has 10 heteroatoms. The van der Waals surface area contributed by atoms with Crippen LogP contribution in [0.15, 0.2) is 47.5 Å². The number of hydrogen-bond acceptors (Lipinski definition) is 4. The third-order valence-electron chi connectivity index (χ3n) is 4.44. The van der Waals surface area contributed by atoms with Crippen molar-refractivity contribution in [3.8, 4) is 11.5 Å². The van der Waals surface area contributed by atoms with E-state index in [0.717, 1.165) is 24.2 Å². The second-order valence-corrected chi connectivity index (χ2v) is 7.13. The number of nitrogens with zero attached hydrogens (tertiary/aromatic N) is 2. The number of guanidine groups is 1. The van der Waals surface area contributed by atoms with Crippen molar-refractivity contribution in [2.45, 2.75) is 12.7 Å². The van der Waals surface area contributed by atoms with Gasteiger partial charge < -0.3 is 20.4 Å². The van der Waals surface area contributed by atoms with E-state index < -0.39 is 17.6 Å². The fourth-order valence-electron chi connectivity index (χ4n) is 3.04. The quantitative estimate of drug-likeness (QED) is 0.422. The smallest absolute Gasteiger partial charge is 0.417 e. The Morgan fingerprint density at radius 2 is 1.87 bits per heavy atom. The van der Waals surface area contributed by atoms with Crippen LogP contribution in [0.4, 0.5) is 13.2 Å². The Bertz CT molecular complexity index is 1120. The Labute approximate surface area is 176 Å². The normalized spacial score (nSPS) is 12.4. The van der Waals surface area contributed by atoms with Gasteiger partial charge in [0.15, 0.2) is 11.7 Å². The lowest BCUT2D eigenvalue weighted by Gasteiger charge is -2.13. The number of carbonyl (C=O) groups is 1.